The van der Waals surface area contributed by atoms with Crippen LogP contribution in [0.4, 0.5) is 9.18 Å². The van der Waals surface area contributed by atoms with E-state index >= 15 is 0 Å². The first kappa shape index (κ1) is 28.1. The average Bonchev–Trinajstić information content (AvgIpc) is 2.88. The zero-order valence-corrected chi connectivity index (χ0v) is 24.5. The number of ether oxygens (including phenoxy) is 1. The highest BCUT2D eigenvalue weighted by atomic mass is 19.1. The minimum Gasteiger partial charge on any atom is -0.444 e. The predicted molar refractivity (Wildman–Crippen MR) is 154 cm³/mol. The van der Waals surface area contributed by atoms with Gasteiger partial charge in [-0.15, -0.1) is 0 Å². The Labute approximate surface area is 234 Å². The van der Waals surface area contributed by atoms with E-state index in [2.05, 4.69) is 47.9 Å². The fraction of sp³-hybridized carbons (Fsp3) is 0.606. The highest BCUT2D eigenvalue weighted by Crippen LogP contribution is 2.53. The first-order chi connectivity index (χ1) is 18.5. The monoisotopic (exact) mass is 535 g/mol. The van der Waals surface area contributed by atoms with Gasteiger partial charge in [0.25, 0.3) is 0 Å². The number of benzene rings is 2. The second-order valence-corrected chi connectivity index (χ2v) is 13.4. The fourth-order valence-electron chi connectivity index (χ4n) is 6.97. The molecule has 2 aliphatic heterocycles. The molecule has 2 aromatic carbocycles. The third-order valence-corrected chi connectivity index (χ3v) is 9.08. The van der Waals surface area contributed by atoms with Gasteiger partial charge >= 0.3 is 6.09 Å². The van der Waals surface area contributed by atoms with Crippen molar-refractivity contribution in [2.45, 2.75) is 90.4 Å². The number of hydrogen-bond donors (Lipinski definition) is 0. The standard InChI is InChI=1S/C33H46FN3O2/c1-24(2)28-8-6-7-9-29(28)30-23-35(22-25-10-12-26(34)13-11-25)18-19-37(30)27-20-33(21-27)14-16-36(17-15-33)31(38)39-32(3,4)5/h6-13,24,27,30H,14-23H2,1-5H3. The lowest BCUT2D eigenvalue weighted by molar-refractivity contribution is -0.0782. The summed E-state index contributed by atoms with van der Waals surface area (Å²) in [7, 11) is 0. The summed E-state index contributed by atoms with van der Waals surface area (Å²) in [6, 6.07) is 16.9. The van der Waals surface area contributed by atoms with E-state index in [9.17, 15) is 9.18 Å². The van der Waals surface area contributed by atoms with Crippen LogP contribution in [0, 0.1) is 11.2 Å². The quantitative estimate of drug-likeness (QED) is 0.414. The molecule has 39 heavy (non-hydrogen) atoms. The van der Waals surface area contributed by atoms with Crippen molar-refractivity contribution in [3.8, 4) is 0 Å². The maximum Gasteiger partial charge on any atom is 0.410 e. The van der Waals surface area contributed by atoms with Crippen molar-refractivity contribution < 1.29 is 13.9 Å². The SMILES string of the molecule is CC(C)c1ccccc1C1CN(Cc2ccc(F)cc2)CCN1C1CC2(CCN(C(=O)OC(C)(C)C)CC2)C1. The van der Waals surface area contributed by atoms with E-state index in [1.54, 1.807) is 12.1 Å². The number of piperazine rings is 1. The molecular formula is C33H46FN3O2. The van der Waals surface area contributed by atoms with Crippen molar-refractivity contribution in [1.82, 2.24) is 14.7 Å². The predicted octanol–water partition coefficient (Wildman–Crippen LogP) is 6.99. The Morgan fingerprint density at radius 2 is 1.67 bits per heavy atom. The van der Waals surface area contributed by atoms with Crippen LogP contribution in [0.5, 0.6) is 0 Å². The molecule has 212 valence electrons. The van der Waals surface area contributed by atoms with Crippen molar-refractivity contribution in [2.75, 3.05) is 32.7 Å². The number of rotatable bonds is 5. The molecule has 3 aliphatic rings. The van der Waals surface area contributed by atoms with Gasteiger partial charge in [-0.3, -0.25) is 9.80 Å². The molecule has 0 aromatic heterocycles. The van der Waals surface area contributed by atoms with E-state index in [0.29, 0.717) is 23.4 Å². The summed E-state index contributed by atoms with van der Waals surface area (Å²) in [4.78, 5) is 19.8. The Bertz CT molecular complexity index is 1130. The van der Waals surface area contributed by atoms with Gasteiger partial charge in [-0.05, 0) is 86.6 Å². The molecule has 5 nitrogen and oxygen atoms in total. The molecular weight excluding hydrogens is 489 g/mol. The molecule has 1 saturated carbocycles. The van der Waals surface area contributed by atoms with E-state index in [0.717, 1.165) is 52.1 Å². The summed E-state index contributed by atoms with van der Waals surface area (Å²) in [6.45, 7) is 15.9. The van der Waals surface area contributed by atoms with Gasteiger partial charge in [0.05, 0.1) is 0 Å². The van der Waals surface area contributed by atoms with Crippen LogP contribution in [0.2, 0.25) is 0 Å². The summed E-state index contributed by atoms with van der Waals surface area (Å²) >= 11 is 0. The molecule has 1 unspecified atom stereocenters. The summed E-state index contributed by atoms with van der Waals surface area (Å²) < 4.78 is 19.1. The lowest BCUT2D eigenvalue weighted by Gasteiger charge is -2.58. The number of carbonyl (C=O) groups is 1. The van der Waals surface area contributed by atoms with Gasteiger partial charge in [-0.1, -0.05) is 50.2 Å². The van der Waals surface area contributed by atoms with Crippen molar-refractivity contribution >= 4 is 6.09 Å². The molecule has 1 atom stereocenters. The summed E-state index contributed by atoms with van der Waals surface area (Å²) in [5.74, 6) is 0.295. The maximum absolute atomic E-state index is 13.5. The summed E-state index contributed by atoms with van der Waals surface area (Å²) in [5, 5.41) is 0. The zero-order valence-electron chi connectivity index (χ0n) is 24.5. The van der Waals surface area contributed by atoms with Crippen LogP contribution in [0.25, 0.3) is 0 Å². The molecule has 3 fully saturated rings. The van der Waals surface area contributed by atoms with E-state index < -0.39 is 5.60 Å². The molecule has 1 spiro atoms. The molecule has 1 aliphatic carbocycles. The van der Waals surface area contributed by atoms with E-state index in [1.165, 1.54) is 29.5 Å². The second-order valence-electron chi connectivity index (χ2n) is 13.4. The molecule has 0 radical (unpaired) electrons. The van der Waals surface area contributed by atoms with Crippen molar-refractivity contribution in [1.29, 1.82) is 0 Å². The van der Waals surface area contributed by atoms with Gasteiger partial charge in [0.15, 0.2) is 0 Å². The smallest absolute Gasteiger partial charge is 0.410 e. The van der Waals surface area contributed by atoms with Crippen LogP contribution < -0.4 is 0 Å². The van der Waals surface area contributed by atoms with Gasteiger partial charge in [0.2, 0.25) is 0 Å². The second kappa shape index (κ2) is 11.2. The topological polar surface area (TPSA) is 36.0 Å². The molecule has 0 N–H and O–H groups in total. The van der Waals surface area contributed by atoms with Crippen LogP contribution in [-0.2, 0) is 11.3 Å². The third-order valence-electron chi connectivity index (χ3n) is 9.08. The Balaban J connectivity index is 1.27. The highest BCUT2D eigenvalue weighted by Gasteiger charge is 2.50. The van der Waals surface area contributed by atoms with Crippen molar-refractivity contribution in [3.63, 3.8) is 0 Å². The fourth-order valence-corrected chi connectivity index (χ4v) is 6.97. The molecule has 5 rings (SSSR count). The minimum absolute atomic E-state index is 0.171. The number of amides is 1. The molecule has 6 heteroatoms. The molecule has 2 aromatic rings. The van der Waals surface area contributed by atoms with Gasteiger partial charge in [0, 0.05) is 51.4 Å². The molecule has 1 amide bonds. The number of likely N-dealkylation sites (tertiary alicyclic amines) is 1. The lowest BCUT2D eigenvalue weighted by atomic mass is 9.59. The van der Waals surface area contributed by atoms with Crippen LogP contribution >= 0.6 is 0 Å². The van der Waals surface area contributed by atoms with Gasteiger partial charge in [-0.2, -0.15) is 0 Å². The largest absolute Gasteiger partial charge is 0.444 e. The summed E-state index contributed by atoms with van der Waals surface area (Å²) in [5.41, 5.74) is 3.97. The number of nitrogens with zero attached hydrogens (tertiary/aromatic N) is 3. The number of halogens is 1. The summed E-state index contributed by atoms with van der Waals surface area (Å²) in [6.07, 6.45) is 4.40. The maximum atomic E-state index is 13.5. The van der Waals surface area contributed by atoms with E-state index in [-0.39, 0.29) is 11.9 Å². The van der Waals surface area contributed by atoms with Crippen LogP contribution in [0.15, 0.2) is 48.5 Å². The number of piperidine rings is 1. The Morgan fingerprint density at radius 1 is 1.00 bits per heavy atom. The van der Waals surface area contributed by atoms with E-state index in [1.807, 2.05) is 37.8 Å². The zero-order chi connectivity index (χ0) is 27.8. The normalized spacial score (nSPS) is 22.7. The van der Waals surface area contributed by atoms with Crippen LogP contribution in [-0.4, -0.2) is 65.2 Å². The minimum atomic E-state index is -0.450. The Hall–Kier alpha value is -2.44. The van der Waals surface area contributed by atoms with Gasteiger partial charge in [0.1, 0.15) is 11.4 Å². The Morgan fingerprint density at radius 3 is 2.31 bits per heavy atom. The third kappa shape index (κ3) is 6.49. The average molecular weight is 536 g/mol. The van der Waals surface area contributed by atoms with Gasteiger partial charge in [-0.25, -0.2) is 9.18 Å². The van der Waals surface area contributed by atoms with Gasteiger partial charge < -0.3 is 9.64 Å². The first-order valence-corrected chi connectivity index (χ1v) is 14.8. The highest BCUT2D eigenvalue weighted by molar-refractivity contribution is 5.68. The lowest BCUT2D eigenvalue weighted by Crippen LogP contribution is -2.60. The van der Waals surface area contributed by atoms with Crippen LogP contribution in [0.3, 0.4) is 0 Å². The Kier molecular flexibility index (Phi) is 8.08. The first-order valence-electron chi connectivity index (χ1n) is 14.8. The van der Waals surface area contributed by atoms with Crippen molar-refractivity contribution in [3.05, 3.63) is 71.0 Å². The van der Waals surface area contributed by atoms with Crippen molar-refractivity contribution in [2.24, 2.45) is 5.41 Å². The molecule has 0 bridgehead atoms. The molecule has 2 saturated heterocycles. The number of carbonyl (C=O) groups excluding carboxylic acids is 1. The number of hydrogen-bond acceptors (Lipinski definition) is 4. The molecule has 2 heterocycles. The van der Waals surface area contributed by atoms with Crippen LogP contribution in [0.1, 0.15) is 89.0 Å². The van der Waals surface area contributed by atoms with E-state index in [4.69, 9.17) is 4.74 Å².